The minimum atomic E-state index is 0.480. The van der Waals surface area contributed by atoms with Gasteiger partial charge in [0.05, 0.1) is 6.10 Å². The fourth-order valence-corrected chi connectivity index (χ4v) is 3.20. The second-order valence-corrected chi connectivity index (χ2v) is 5.97. The molecule has 0 spiro atoms. The van der Waals surface area contributed by atoms with Gasteiger partial charge in [0.1, 0.15) is 0 Å². The van der Waals surface area contributed by atoms with Crippen molar-refractivity contribution in [2.45, 2.75) is 63.5 Å². The van der Waals surface area contributed by atoms with Crippen LogP contribution in [0, 0.1) is 0 Å². The second-order valence-electron chi connectivity index (χ2n) is 5.97. The van der Waals surface area contributed by atoms with Crippen molar-refractivity contribution in [3.8, 4) is 0 Å². The summed E-state index contributed by atoms with van der Waals surface area (Å²) in [4.78, 5) is 2.56. The lowest BCUT2D eigenvalue weighted by Crippen LogP contribution is -2.38. The maximum atomic E-state index is 5.62. The van der Waals surface area contributed by atoms with E-state index in [1.165, 1.54) is 57.9 Å². The van der Waals surface area contributed by atoms with E-state index in [9.17, 15) is 0 Å². The Balaban J connectivity index is 1.54. The summed E-state index contributed by atoms with van der Waals surface area (Å²) < 4.78 is 5.62. The van der Waals surface area contributed by atoms with E-state index in [1.807, 2.05) is 0 Å². The first-order valence-corrected chi connectivity index (χ1v) is 7.89. The maximum absolute atomic E-state index is 5.62. The lowest BCUT2D eigenvalue weighted by atomic mass is 10.1. The molecule has 0 bridgehead atoms. The average Bonchev–Trinajstić information content (AvgIpc) is 2.74. The quantitative estimate of drug-likeness (QED) is 0.582. The molecule has 2 fully saturated rings. The van der Waals surface area contributed by atoms with E-state index in [2.05, 4.69) is 17.3 Å². The molecule has 0 radical (unpaired) electrons. The molecule has 0 aromatic rings. The van der Waals surface area contributed by atoms with E-state index >= 15 is 0 Å². The third kappa shape index (κ3) is 4.87. The third-order valence-corrected chi connectivity index (χ3v) is 4.49. The molecular formula is C15H30N2O. The van der Waals surface area contributed by atoms with E-state index < -0.39 is 0 Å². The van der Waals surface area contributed by atoms with Gasteiger partial charge in [-0.15, -0.1) is 0 Å². The third-order valence-electron chi connectivity index (χ3n) is 4.49. The van der Waals surface area contributed by atoms with E-state index in [0.29, 0.717) is 6.10 Å². The molecule has 1 aliphatic heterocycles. The van der Waals surface area contributed by atoms with Crippen molar-refractivity contribution in [1.82, 2.24) is 10.2 Å². The number of likely N-dealkylation sites (N-methyl/N-ethyl adjacent to an activating group) is 1. The molecular weight excluding hydrogens is 224 g/mol. The van der Waals surface area contributed by atoms with Crippen LogP contribution in [0.3, 0.4) is 0 Å². The van der Waals surface area contributed by atoms with Crippen molar-refractivity contribution in [3.63, 3.8) is 0 Å². The molecule has 1 aliphatic carbocycles. The monoisotopic (exact) mass is 254 g/mol. The van der Waals surface area contributed by atoms with Crippen LogP contribution in [0.4, 0.5) is 0 Å². The zero-order valence-corrected chi connectivity index (χ0v) is 12.0. The van der Waals surface area contributed by atoms with Crippen LogP contribution in [0.25, 0.3) is 0 Å². The summed E-state index contributed by atoms with van der Waals surface area (Å²) >= 11 is 0. The molecule has 3 nitrogen and oxygen atoms in total. The van der Waals surface area contributed by atoms with E-state index in [0.717, 1.165) is 25.7 Å². The first-order chi connectivity index (χ1) is 8.86. The highest BCUT2D eigenvalue weighted by Crippen LogP contribution is 2.20. The number of hydrogen-bond donors (Lipinski definition) is 1. The van der Waals surface area contributed by atoms with Crippen molar-refractivity contribution in [1.29, 1.82) is 0 Å². The van der Waals surface area contributed by atoms with Crippen LogP contribution in [0.1, 0.15) is 51.4 Å². The predicted molar refractivity (Wildman–Crippen MR) is 76.0 cm³/mol. The molecule has 1 heterocycles. The van der Waals surface area contributed by atoms with Gasteiger partial charge in [0, 0.05) is 32.3 Å². The highest BCUT2D eigenvalue weighted by molar-refractivity contribution is 4.73. The van der Waals surface area contributed by atoms with Crippen molar-refractivity contribution >= 4 is 0 Å². The summed E-state index contributed by atoms with van der Waals surface area (Å²) in [5, 5.41) is 3.55. The van der Waals surface area contributed by atoms with Gasteiger partial charge in [-0.3, -0.25) is 0 Å². The zero-order valence-electron chi connectivity index (χ0n) is 12.0. The highest BCUT2D eigenvalue weighted by Gasteiger charge is 2.17. The lowest BCUT2D eigenvalue weighted by Gasteiger charge is -2.27. The van der Waals surface area contributed by atoms with Gasteiger partial charge in [-0.05, 0) is 32.7 Å². The van der Waals surface area contributed by atoms with Gasteiger partial charge in [0.25, 0.3) is 0 Å². The molecule has 1 N–H and O–H groups in total. The Morgan fingerprint density at radius 3 is 2.50 bits per heavy atom. The summed E-state index contributed by atoms with van der Waals surface area (Å²) in [6, 6.07) is 0.831. The SMILES string of the molecule is CN(CCNCC1CCCO1)C1CCCCCC1. The summed E-state index contributed by atoms with van der Waals surface area (Å²) in [5.74, 6) is 0. The topological polar surface area (TPSA) is 24.5 Å². The molecule has 0 aromatic heterocycles. The fraction of sp³-hybridized carbons (Fsp3) is 1.00. The maximum Gasteiger partial charge on any atom is 0.0700 e. The van der Waals surface area contributed by atoms with Gasteiger partial charge in [0.15, 0.2) is 0 Å². The average molecular weight is 254 g/mol. The molecule has 2 rings (SSSR count). The Morgan fingerprint density at radius 2 is 1.83 bits per heavy atom. The number of ether oxygens (including phenoxy) is 1. The molecule has 1 atom stereocenters. The normalized spacial score (nSPS) is 26.7. The van der Waals surface area contributed by atoms with Gasteiger partial charge < -0.3 is 15.0 Å². The minimum Gasteiger partial charge on any atom is -0.377 e. The number of hydrogen-bond acceptors (Lipinski definition) is 3. The minimum absolute atomic E-state index is 0.480. The van der Waals surface area contributed by atoms with Crippen molar-refractivity contribution in [3.05, 3.63) is 0 Å². The van der Waals surface area contributed by atoms with Crippen molar-refractivity contribution in [2.75, 3.05) is 33.3 Å². The Kier molecular flexibility index (Phi) is 6.46. The first kappa shape index (κ1) is 14.3. The van der Waals surface area contributed by atoms with Crippen LogP contribution >= 0.6 is 0 Å². The van der Waals surface area contributed by atoms with Gasteiger partial charge in [-0.2, -0.15) is 0 Å². The predicted octanol–water partition coefficient (Wildman–Crippen LogP) is 2.41. The summed E-state index contributed by atoms with van der Waals surface area (Å²) in [6.07, 6.45) is 11.5. The Bertz CT molecular complexity index is 209. The smallest absolute Gasteiger partial charge is 0.0700 e. The Morgan fingerprint density at radius 1 is 1.06 bits per heavy atom. The molecule has 106 valence electrons. The van der Waals surface area contributed by atoms with Crippen LogP contribution in [0.15, 0.2) is 0 Å². The number of nitrogens with one attached hydrogen (secondary N) is 1. The van der Waals surface area contributed by atoms with Crippen LogP contribution in [0.5, 0.6) is 0 Å². The molecule has 0 aromatic carbocycles. The Hall–Kier alpha value is -0.120. The van der Waals surface area contributed by atoms with Crippen LogP contribution in [-0.4, -0.2) is 50.3 Å². The fourth-order valence-electron chi connectivity index (χ4n) is 3.20. The van der Waals surface area contributed by atoms with Gasteiger partial charge in [-0.25, -0.2) is 0 Å². The van der Waals surface area contributed by atoms with E-state index in [-0.39, 0.29) is 0 Å². The van der Waals surface area contributed by atoms with Crippen molar-refractivity contribution < 1.29 is 4.74 Å². The zero-order chi connectivity index (χ0) is 12.6. The standard InChI is InChI=1S/C15H30N2O/c1-17(14-7-4-2-3-5-8-14)11-10-16-13-15-9-6-12-18-15/h14-16H,2-13H2,1H3. The van der Waals surface area contributed by atoms with E-state index in [1.54, 1.807) is 0 Å². The second kappa shape index (κ2) is 8.13. The first-order valence-electron chi connectivity index (χ1n) is 7.89. The van der Waals surface area contributed by atoms with Gasteiger partial charge in [0.2, 0.25) is 0 Å². The highest BCUT2D eigenvalue weighted by atomic mass is 16.5. The largest absolute Gasteiger partial charge is 0.377 e. The van der Waals surface area contributed by atoms with Crippen molar-refractivity contribution in [2.24, 2.45) is 0 Å². The van der Waals surface area contributed by atoms with E-state index in [4.69, 9.17) is 4.74 Å². The van der Waals surface area contributed by atoms with Gasteiger partial charge in [-0.1, -0.05) is 25.7 Å². The lowest BCUT2D eigenvalue weighted by molar-refractivity contribution is 0.109. The molecule has 1 saturated heterocycles. The molecule has 0 amide bonds. The summed E-state index contributed by atoms with van der Waals surface area (Å²) in [6.45, 7) is 4.29. The van der Waals surface area contributed by atoms with Gasteiger partial charge >= 0.3 is 0 Å². The number of rotatable bonds is 6. The molecule has 2 aliphatic rings. The number of nitrogens with zero attached hydrogens (tertiary/aromatic N) is 1. The van der Waals surface area contributed by atoms with Crippen LogP contribution in [0.2, 0.25) is 0 Å². The molecule has 18 heavy (non-hydrogen) atoms. The molecule has 1 saturated carbocycles. The Labute approximate surface area is 112 Å². The molecule has 3 heteroatoms. The molecule has 1 unspecified atom stereocenters. The van der Waals surface area contributed by atoms with Crippen LogP contribution < -0.4 is 5.32 Å². The van der Waals surface area contributed by atoms with Crippen LogP contribution in [-0.2, 0) is 4.74 Å². The summed E-state index contributed by atoms with van der Waals surface area (Å²) in [7, 11) is 2.30. The summed E-state index contributed by atoms with van der Waals surface area (Å²) in [5.41, 5.74) is 0.